The molecule has 0 aliphatic carbocycles. The van der Waals surface area contributed by atoms with E-state index < -0.39 is 0 Å². The van der Waals surface area contributed by atoms with Crippen molar-refractivity contribution in [3.05, 3.63) is 60.7 Å². The minimum absolute atomic E-state index is 0.0741. The predicted octanol–water partition coefficient (Wildman–Crippen LogP) is 3.83. The lowest BCUT2D eigenvalue weighted by Gasteiger charge is -2.07. The Bertz CT molecular complexity index is 643. The fourth-order valence-corrected chi connectivity index (χ4v) is 2.56. The molecule has 1 heterocycles. The number of ether oxygens (including phenoxy) is 1. The zero-order chi connectivity index (χ0) is 18.5. The highest BCUT2D eigenvalue weighted by molar-refractivity contribution is 5.85. The summed E-state index contributed by atoms with van der Waals surface area (Å²) in [6, 6.07) is 14.0. The summed E-state index contributed by atoms with van der Waals surface area (Å²) in [4.78, 5) is 11.1. The second-order valence-electron chi connectivity index (χ2n) is 5.36. The van der Waals surface area contributed by atoms with E-state index in [1.54, 1.807) is 6.08 Å². The van der Waals surface area contributed by atoms with Crippen molar-refractivity contribution in [2.45, 2.75) is 39.3 Å². The van der Waals surface area contributed by atoms with Crippen molar-refractivity contribution in [2.24, 2.45) is 0 Å². The Morgan fingerprint density at radius 2 is 2.00 bits per heavy atom. The van der Waals surface area contributed by atoms with Crippen LogP contribution in [0.4, 0.5) is 0 Å². The number of esters is 1. The highest BCUT2D eigenvalue weighted by atomic mass is 16.5. The van der Waals surface area contributed by atoms with Crippen molar-refractivity contribution in [2.75, 3.05) is 13.2 Å². The molecule has 2 aromatic carbocycles. The monoisotopic (exact) mass is 343 g/mol. The molecule has 1 saturated heterocycles. The van der Waals surface area contributed by atoms with Gasteiger partial charge in [-0.05, 0) is 35.7 Å². The molecule has 1 aliphatic rings. The predicted molar refractivity (Wildman–Crippen MR) is 103 cm³/mol. The van der Waals surface area contributed by atoms with Gasteiger partial charge < -0.3 is 15.2 Å². The SMILES string of the molecule is C=CCOC(=O)C1CCCN1.CC.OCc1cccc2ccccc12. The summed E-state index contributed by atoms with van der Waals surface area (Å²) >= 11 is 0. The Kier molecular flexibility index (Phi) is 10.2. The van der Waals surface area contributed by atoms with Crippen LogP contribution in [0.1, 0.15) is 32.3 Å². The van der Waals surface area contributed by atoms with Gasteiger partial charge in [-0.3, -0.25) is 4.79 Å². The van der Waals surface area contributed by atoms with Gasteiger partial charge in [-0.1, -0.05) is 69.0 Å². The maximum absolute atomic E-state index is 11.1. The van der Waals surface area contributed by atoms with Crippen LogP contribution in [0.25, 0.3) is 10.8 Å². The van der Waals surface area contributed by atoms with E-state index in [-0.39, 0.29) is 18.6 Å². The lowest BCUT2D eigenvalue weighted by molar-refractivity contribution is -0.144. The van der Waals surface area contributed by atoms with Crippen molar-refractivity contribution in [1.29, 1.82) is 0 Å². The molecule has 0 saturated carbocycles. The van der Waals surface area contributed by atoms with Gasteiger partial charge in [-0.15, -0.1) is 0 Å². The Hall–Kier alpha value is -2.17. The van der Waals surface area contributed by atoms with Gasteiger partial charge >= 0.3 is 5.97 Å². The molecular formula is C21H29NO3. The number of carbonyl (C=O) groups is 1. The fraction of sp³-hybridized carbons (Fsp3) is 0.381. The lowest BCUT2D eigenvalue weighted by Crippen LogP contribution is -2.32. The number of hydrogen-bond donors (Lipinski definition) is 2. The largest absolute Gasteiger partial charge is 0.460 e. The third kappa shape index (κ3) is 6.69. The molecule has 1 fully saturated rings. The van der Waals surface area contributed by atoms with Gasteiger partial charge in [0.15, 0.2) is 0 Å². The van der Waals surface area contributed by atoms with Crippen LogP contribution in [-0.4, -0.2) is 30.3 Å². The maximum atomic E-state index is 11.1. The first kappa shape index (κ1) is 20.9. The van der Waals surface area contributed by atoms with Gasteiger partial charge in [0.2, 0.25) is 0 Å². The van der Waals surface area contributed by atoms with Crippen molar-refractivity contribution in [3.63, 3.8) is 0 Å². The second kappa shape index (κ2) is 12.2. The third-order valence-electron chi connectivity index (χ3n) is 3.74. The zero-order valence-electron chi connectivity index (χ0n) is 15.2. The molecule has 0 aromatic heterocycles. The number of aliphatic hydroxyl groups is 1. The van der Waals surface area contributed by atoms with Crippen LogP contribution in [0, 0.1) is 0 Å². The van der Waals surface area contributed by atoms with Crippen LogP contribution >= 0.6 is 0 Å². The van der Waals surface area contributed by atoms with Crippen LogP contribution in [0.15, 0.2) is 55.1 Å². The molecule has 0 amide bonds. The van der Waals surface area contributed by atoms with Crippen molar-refractivity contribution >= 4 is 16.7 Å². The summed E-state index contributed by atoms with van der Waals surface area (Å²) in [7, 11) is 0. The molecule has 1 atom stereocenters. The summed E-state index contributed by atoms with van der Waals surface area (Å²) in [6.45, 7) is 8.82. The Morgan fingerprint density at radius 1 is 1.28 bits per heavy atom. The molecule has 0 bridgehead atoms. The maximum Gasteiger partial charge on any atom is 0.323 e. The van der Waals surface area contributed by atoms with Gasteiger partial charge in [0.05, 0.1) is 6.61 Å². The third-order valence-corrected chi connectivity index (χ3v) is 3.74. The first-order chi connectivity index (χ1) is 12.3. The van der Waals surface area contributed by atoms with Crippen LogP contribution in [-0.2, 0) is 16.1 Å². The van der Waals surface area contributed by atoms with Gasteiger partial charge in [0, 0.05) is 0 Å². The minimum Gasteiger partial charge on any atom is -0.460 e. The van der Waals surface area contributed by atoms with Gasteiger partial charge in [0.25, 0.3) is 0 Å². The summed E-state index contributed by atoms with van der Waals surface area (Å²) in [5.74, 6) is -0.151. The van der Waals surface area contributed by atoms with Crippen molar-refractivity contribution < 1.29 is 14.6 Å². The number of hydrogen-bond acceptors (Lipinski definition) is 4. The fourth-order valence-electron chi connectivity index (χ4n) is 2.56. The van der Waals surface area contributed by atoms with Gasteiger partial charge in [-0.2, -0.15) is 0 Å². The summed E-state index contributed by atoms with van der Waals surface area (Å²) in [5.41, 5.74) is 0.994. The number of nitrogens with one attached hydrogen (secondary N) is 1. The topological polar surface area (TPSA) is 58.6 Å². The van der Waals surface area contributed by atoms with Crippen molar-refractivity contribution in [1.82, 2.24) is 5.32 Å². The minimum atomic E-state index is -0.151. The number of carbonyl (C=O) groups excluding carboxylic acids is 1. The number of aliphatic hydroxyl groups excluding tert-OH is 1. The summed E-state index contributed by atoms with van der Waals surface area (Å²) in [6.07, 6.45) is 3.54. The molecular weight excluding hydrogens is 314 g/mol. The average Bonchev–Trinajstić information content (AvgIpc) is 3.22. The van der Waals surface area contributed by atoms with E-state index in [0.29, 0.717) is 6.61 Å². The Balaban J connectivity index is 0.000000229. The molecule has 4 heteroatoms. The van der Waals surface area contributed by atoms with Crippen LogP contribution < -0.4 is 5.32 Å². The van der Waals surface area contributed by atoms with Crippen LogP contribution in [0.3, 0.4) is 0 Å². The quantitative estimate of drug-likeness (QED) is 0.654. The zero-order valence-corrected chi connectivity index (χ0v) is 15.2. The van der Waals surface area contributed by atoms with Crippen molar-refractivity contribution in [3.8, 4) is 0 Å². The molecule has 1 aliphatic heterocycles. The van der Waals surface area contributed by atoms with E-state index in [0.717, 1.165) is 30.3 Å². The molecule has 1 unspecified atom stereocenters. The molecule has 4 nitrogen and oxygen atoms in total. The lowest BCUT2D eigenvalue weighted by atomic mass is 10.1. The van der Waals surface area contributed by atoms with E-state index in [1.165, 1.54) is 5.39 Å². The van der Waals surface area contributed by atoms with E-state index in [1.807, 2.05) is 44.2 Å². The van der Waals surface area contributed by atoms with E-state index >= 15 is 0 Å². The average molecular weight is 343 g/mol. The van der Waals surface area contributed by atoms with Crippen LogP contribution in [0.5, 0.6) is 0 Å². The van der Waals surface area contributed by atoms with E-state index in [9.17, 15) is 4.79 Å². The van der Waals surface area contributed by atoms with E-state index in [2.05, 4.69) is 24.0 Å². The Labute approximate surface area is 150 Å². The standard InChI is InChI=1S/C11H10O.C8H13NO2.C2H6/c12-8-10-6-3-5-9-4-1-2-7-11(9)10;1-2-6-11-8(10)7-4-3-5-9-7;1-2/h1-7,12H,8H2;2,7,9H,1,3-6H2;1-2H3. The normalized spacial score (nSPS) is 15.4. The second-order valence-corrected chi connectivity index (χ2v) is 5.36. The highest BCUT2D eigenvalue weighted by Gasteiger charge is 2.22. The summed E-state index contributed by atoms with van der Waals surface area (Å²) in [5, 5.41) is 14.4. The smallest absolute Gasteiger partial charge is 0.323 e. The summed E-state index contributed by atoms with van der Waals surface area (Å²) < 4.78 is 4.86. The molecule has 2 aromatic rings. The molecule has 0 spiro atoms. The van der Waals surface area contributed by atoms with Crippen LogP contribution in [0.2, 0.25) is 0 Å². The van der Waals surface area contributed by atoms with Gasteiger partial charge in [-0.25, -0.2) is 0 Å². The first-order valence-electron chi connectivity index (χ1n) is 8.84. The molecule has 0 radical (unpaired) electrons. The molecule has 25 heavy (non-hydrogen) atoms. The first-order valence-corrected chi connectivity index (χ1v) is 8.84. The molecule has 136 valence electrons. The molecule has 2 N–H and O–H groups in total. The van der Waals surface area contributed by atoms with Gasteiger partial charge in [0.1, 0.15) is 12.6 Å². The number of benzene rings is 2. The number of rotatable bonds is 4. The highest BCUT2D eigenvalue weighted by Crippen LogP contribution is 2.17. The Morgan fingerprint density at radius 3 is 2.64 bits per heavy atom. The number of fused-ring (bicyclic) bond motifs is 1. The molecule has 3 rings (SSSR count). The van der Waals surface area contributed by atoms with E-state index in [4.69, 9.17) is 9.84 Å².